The number of rotatable bonds is 5. The normalized spacial score (nSPS) is 11.3. The van der Waals surface area contributed by atoms with Crippen molar-refractivity contribution in [2.75, 3.05) is 7.11 Å². The Labute approximate surface area is 179 Å². The van der Waals surface area contributed by atoms with Gasteiger partial charge in [-0.05, 0) is 42.3 Å². The van der Waals surface area contributed by atoms with Crippen LogP contribution in [0.3, 0.4) is 0 Å². The number of hydrogen-bond acceptors (Lipinski definition) is 5. The van der Waals surface area contributed by atoms with E-state index in [1.165, 1.54) is 10.8 Å². The van der Waals surface area contributed by atoms with Gasteiger partial charge in [-0.2, -0.15) is 0 Å². The number of phenolic OH excluding ortho intramolecular Hbond substituents is 1. The Morgan fingerprint density at radius 2 is 1.71 bits per heavy atom. The maximum absolute atomic E-state index is 13.1. The van der Waals surface area contributed by atoms with Crippen LogP contribution >= 0.6 is 0 Å². The predicted octanol–water partition coefficient (Wildman–Crippen LogP) is 4.53. The summed E-state index contributed by atoms with van der Waals surface area (Å²) in [4.78, 5) is 17.6. The molecule has 0 saturated heterocycles. The zero-order valence-electron chi connectivity index (χ0n) is 17.2. The maximum atomic E-state index is 13.1. The van der Waals surface area contributed by atoms with E-state index in [9.17, 15) is 15.0 Å². The van der Waals surface area contributed by atoms with Gasteiger partial charge >= 0.3 is 0 Å². The van der Waals surface area contributed by atoms with Crippen LogP contribution in [0.2, 0.25) is 0 Å². The van der Waals surface area contributed by atoms with Crippen molar-refractivity contribution in [2.45, 2.75) is 13.5 Å². The Morgan fingerprint density at radius 1 is 1.00 bits per heavy atom. The summed E-state index contributed by atoms with van der Waals surface area (Å²) in [7, 11) is 1.59. The van der Waals surface area contributed by atoms with Crippen molar-refractivity contribution in [3.05, 3.63) is 93.8 Å². The van der Waals surface area contributed by atoms with E-state index >= 15 is 0 Å². The van der Waals surface area contributed by atoms with Crippen LogP contribution in [0, 0.1) is 6.92 Å². The molecule has 0 bridgehead atoms. The standard InChI is InChI=1S/C25H22N2O4/c1-16-7-10-18(28)13-23(16)26-14-22-20-5-3-4-6-21(20)24(29)27(25(22)30)15-17-8-11-19(31-2)12-9-17/h3-14,28,30H,15H2,1-2H3. The van der Waals surface area contributed by atoms with E-state index in [4.69, 9.17) is 4.74 Å². The van der Waals surface area contributed by atoms with Gasteiger partial charge in [-0.15, -0.1) is 0 Å². The van der Waals surface area contributed by atoms with Crippen molar-refractivity contribution in [1.82, 2.24) is 4.57 Å². The van der Waals surface area contributed by atoms with Gasteiger partial charge in [0.25, 0.3) is 5.56 Å². The summed E-state index contributed by atoms with van der Waals surface area (Å²) in [6.45, 7) is 2.08. The van der Waals surface area contributed by atoms with E-state index in [1.807, 2.05) is 37.3 Å². The predicted molar refractivity (Wildman–Crippen MR) is 122 cm³/mol. The molecule has 6 nitrogen and oxygen atoms in total. The summed E-state index contributed by atoms with van der Waals surface area (Å²) in [5.74, 6) is 0.658. The van der Waals surface area contributed by atoms with Crippen LogP contribution in [0.15, 0.2) is 76.5 Å². The van der Waals surface area contributed by atoms with Crippen molar-refractivity contribution in [3.8, 4) is 17.4 Å². The molecule has 0 atom stereocenters. The number of pyridine rings is 1. The highest BCUT2D eigenvalue weighted by Crippen LogP contribution is 2.27. The van der Waals surface area contributed by atoms with E-state index in [-0.39, 0.29) is 23.7 Å². The molecule has 0 spiro atoms. The number of aromatic nitrogens is 1. The van der Waals surface area contributed by atoms with E-state index in [2.05, 4.69) is 4.99 Å². The molecule has 0 saturated carbocycles. The number of fused-ring (bicyclic) bond motifs is 1. The Bertz CT molecular complexity index is 1340. The quantitative estimate of drug-likeness (QED) is 0.470. The fourth-order valence-corrected chi connectivity index (χ4v) is 3.47. The Morgan fingerprint density at radius 3 is 2.42 bits per heavy atom. The molecule has 0 aliphatic carbocycles. The van der Waals surface area contributed by atoms with Gasteiger partial charge in [0.15, 0.2) is 0 Å². The first kappa shape index (κ1) is 20.2. The third kappa shape index (κ3) is 4.00. The lowest BCUT2D eigenvalue weighted by Gasteiger charge is -2.14. The second-order valence-electron chi connectivity index (χ2n) is 7.25. The number of hydrogen-bond donors (Lipinski definition) is 2. The fraction of sp³-hybridized carbons (Fsp3) is 0.120. The highest BCUT2D eigenvalue weighted by atomic mass is 16.5. The number of aliphatic imine (C=N–C) groups is 1. The van der Waals surface area contributed by atoms with E-state index in [0.717, 1.165) is 11.1 Å². The number of benzene rings is 3. The van der Waals surface area contributed by atoms with Gasteiger partial charge in [-0.25, -0.2) is 0 Å². The topological polar surface area (TPSA) is 84.1 Å². The first-order chi connectivity index (χ1) is 15.0. The SMILES string of the molecule is COc1ccc(Cn2c(O)c(C=Nc3cc(O)ccc3C)c3ccccc3c2=O)cc1. The van der Waals surface area contributed by atoms with Crippen LogP contribution in [0.1, 0.15) is 16.7 Å². The molecule has 6 heteroatoms. The Balaban J connectivity index is 1.85. The van der Waals surface area contributed by atoms with Crippen molar-refractivity contribution >= 4 is 22.7 Å². The van der Waals surface area contributed by atoms with Crippen molar-refractivity contribution < 1.29 is 14.9 Å². The summed E-state index contributed by atoms with van der Waals surface area (Å²) in [6, 6.07) is 19.4. The maximum Gasteiger partial charge on any atom is 0.261 e. The molecule has 156 valence electrons. The van der Waals surface area contributed by atoms with Gasteiger partial charge in [-0.3, -0.25) is 14.4 Å². The van der Waals surface area contributed by atoms with Gasteiger partial charge in [0, 0.05) is 23.1 Å². The average molecular weight is 414 g/mol. The summed E-state index contributed by atoms with van der Waals surface area (Å²) >= 11 is 0. The highest BCUT2D eigenvalue weighted by Gasteiger charge is 2.15. The summed E-state index contributed by atoms with van der Waals surface area (Å²) in [5, 5.41) is 21.9. The molecule has 31 heavy (non-hydrogen) atoms. The van der Waals surface area contributed by atoms with Crippen LogP contribution in [-0.4, -0.2) is 28.1 Å². The van der Waals surface area contributed by atoms with Crippen LogP contribution in [-0.2, 0) is 6.54 Å². The number of aryl methyl sites for hydroxylation is 1. The molecule has 3 aromatic carbocycles. The molecule has 1 heterocycles. The highest BCUT2D eigenvalue weighted by molar-refractivity contribution is 6.02. The minimum absolute atomic E-state index is 0.108. The molecular weight excluding hydrogens is 392 g/mol. The molecule has 0 fully saturated rings. The molecule has 0 radical (unpaired) electrons. The molecule has 2 N–H and O–H groups in total. The van der Waals surface area contributed by atoms with Gasteiger partial charge < -0.3 is 14.9 Å². The van der Waals surface area contributed by atoms with Crippen LogP contribution < -0.4 is 10.3 Å². The van der Waals surface area contributed by atoms with Crippen LogP contribution in [0.5, 0.6) is 17.4 Å². The molecule has 0 aliphatic heterocycles. The Kier molecular flexibility index (Phi) is 5.45. The molecule has 0 unspecified atom stereocenters. The zero-order chi connectivity index (χ0) is 22.0. The Hall–Kier alpha value is -4.06. The molecule has 0 aliphatic rings. The number of phenols is 1. The lowest BCUT2D eigenvalue weighted by atomic mass is 10.1. The van der Waals surface area contributed by atoms with Crippen molar-refractivity contribution in [3.63, 3.8) is 0 Å². The molecule has 1 aromatic heterocycles. The molecule has 4 aromatic rings. The lowest BCUT2D eigenvalue weighted by molar-refractivity contribution is 0.412. The van der Waals surface area contributed by atoms with E-state index < -0.39 is 0 Å². The summed E-state index contributed by atoms with van der Waals surface area (Å²) in [5.41, 5.74) is 2.46. The molecule has 4 rings (SSSR count). The number of nitrogens with zero attached hydrogens (tertiary/aromatic N) is 2. The smallest absolute Gasteiger partial charge is 0.261 e. The summed E-state index contributed by atoms with van der Waals surface area (Å²) in [6.07, 6.45) is 1.53. The third-order valence-electron chi connectivity index (χ3n) is 5.21. The second kappa shape index (κ2) is 8.36. The van der Waals surface area contributed by atoms with Crippen molar-refractivity contribution in [1.29, 1.82) is 0 Å². The minimum Gasteiger partial charge on any atom is -0.508 e. The number of methoxy groups -OCH3 is 1. The number of ether oxygens (including phenoxy) is 1. The summed E-state index contributed by atoms with van der Waals surface area (Å²) < 4.78 is 6.52. The van der Waals surface area contributed by atoms with Crippen molar-refractivity contribution in [2.24, 2.45) is 4.99 Å². The monoisotopic (exact) mass is 414 g/mol. The second-order valence-corrected chi connectivity index (χ2v) is 7.25. The van der Waals surface area contributed by atoms with E-state index in [0.29, 0.717) is 27.8 Å². The molecule has 0 amide bonds. The van der Waals surface area contributed by atoms with Gasteiger partial charge in [0.1, 0.15) is 11.5 Å². The van der Waals surface area contributed by atoms with E-state index in [1.54, 1.807) is 43.5 Å². The van der Waals surface area contributed by atoms with Gasteiger partial charge in [0.05, 0.1) is 24.9 Å². The first-order valence-electron chi connectivity index (χ1n) is 9.79. The average Bonchev–Trinajstić information content (AvgIpc) is 2.79. The third-order valence-corrected chi connectivity index (χ3v) is 5.21. The zero-order valence-corrected chi connectivity index (χ0v) is 17.2. The first-order valence-corrected chi connectivity index (χ1v) is 9.79. The van der Waals surface area contributed by atoms with Crippen LogP contribution in [0.25, 0.3) is 10.8 Å². The molecular formula is C25H22N2O4. The number of aromatic hydroxyl groups is 2. The minimum atomic E-state index is -0.283. The lowest BCUT2D eigenvalue weighted by Crippen LogP contribution is -2.22. The van der Waals surface area contributed by atoms with Gasteiger partial charge in [0.2, 0.25) is 5.88 Å². The van der Waals surface area contributed by atoms with Gasteiger partial charge in [-0.1, -0.05) is 36.4 Å². The van der Waals surface area contributed by atoms with Crippen LogP contribution in [0.4, 0.5) is 5.69 Å². The largest absolute Gasteiger partial charge is 0.508 e. The fourth-order valence-electron chi connectivity index (χ4n) is 3.47.